The number of pyridine rings is 1. The number of carbonyl (C=O) groups is 1. The molecule has 2 rings (SSSR count). The van der Waals surface area contributed by atoms with Gasteiger partial charge in [0.2, 0.25) is 0 Å². The zero-order valence-corrected chi connectivity index (χ0v) is 13.3. The molecule has 0 amide bonds. The maximum Gasteiger partial charge on any atom is 0.332 e. The molecule has 1 aliphatic rings. The van der Waals surface area contributed by atoms with Crippen LogP contribution in [0, 0.1) is 11.3 Å². The van der Waals surface area contributed by atoms with Crippen molar-refractivity contribution in [3.63, 3.8) is 0 Å². The summed E-state index contributed by atoms with van der Waals surface area (Å²) in [4.78, 5) is 16.4. The van der Waals surface area contributed by atoms with E-state index in [1.807, 2.05) is 6.07 Å². The number of anilines is 1. The van der Waals surface area contributed by atoms with Crippen LogP contribution in [0.4, 0.5) is 10.2 Å². The Balaban J connectivity index is 2.27. The molecule has 1 fully saturated rings. The first kappa shape index (κ1) is 15.7. The Bertz CT molecular complexity index is 594. The third-order valence-electron chi connectivity index (χ3n) is 3.21. The van der Waals surface area contributed by atoms with E-state index < -0.39 is 17.7 Å². The zero-order chi connectivity index (χ0) is 15.6. The molecular weight excluding hydrogens is 341 g/mol. The Kier molecular flexibility index (Phi) is 4.47. The SMILES string of the molecule is CC(C)OC(=O)C1(Nc2nc(Br)ccc2C#N)CC(F)C1. The number of hydrogen-bond acceptors (Lipinski definition) is 5. The van der Waals surface area contributed by atoms with Gasteiger partial charge in [-0.1, -0.05) is 0 Å². The molecule has 0 aromatic carbocycles. The Hall–Kier alpha value is -1.68. The Morgan fingerprint density at radius 2 is 2.29 bits per heavy atom. The summed E-state index contributed by atoms with van der Waals surface area (Å²) in [6, 6.07) is 5.20. The number of carbonyl (C=O) groups excluding carboxylic acids is 1. The average Bonchev–Trinajstić information content (AvgIpc) is 2.36. The lowest BCUT2D eigenvalue weighted by atomic mass is 9.75. The van der Waals surface area contributed by atoms with E-state index in [9.17, 15) is 9.18 Å². The lowest BCUT2D eigenvalue weighted by molar-refractivity contribution is -0.158. The largest absolute Gasteiger partial charge is 0.461 e. The fourth-order valence-corrected chi connectivity index (χ4v) is 2.50. The minimum absolute atomic E-state index is 0.0115. The number of ether oxygens (including phenoxy) is 1. The lowest BCUT2D eigenvalue weighted by Crippen LogP contribution is -2.58. The molecule has 7 heteroatoms. The van der Waals surface area contributed by atoms with Crippen LogP contribution in [0.2, 0.25) is 0 Å². The van der Waals surface area contributed by atoms with Gasteiger partial charge in [-0.2, -0.15) is 5.26 Å². The molecule has 1 aromatic heterocycles. The van der Waals surface area contributed by atoms with Crippen LogP contribution < -0.4 is 5.32 Å². The van der Waals surface area contributed by atoms with Gasteiger partial charge in [-0.15, -0.1) is 0 Å². The van der Waals surface area contributed by atoms with Crippen LogP contribution in [0.25, 0.3) is 0 Å². The second-order valence-electron chi connectivity index (χ2n) is 5.31. The highest BCUT2D eigenvalue weighted by Gasteiger charge is 2.53. The van der Waals surface area contributed by atoms with Crippen LogP contribution in [0.3, 0.4) is 0 Å². The van der Waals surface area contributed by atoms with E-state index in [1.165, 1.54) is 0 Å². The van der Waals surface area contributed by atoms with Gasteiger partial charge in [0.1, 0.15) is 28.2 Å². The lowest BCUT2D eigenvalue weighted by Gasteiger charge is -2.42. The number of nitriles is 1. The van der Waals surface area contributed by atoms with Gasteiger partial charge in [0.25, 0.3) is 0 Å². The van der Waals surface area contributed by atoms with E-state index in [2.05, 4.69) is 26.2 Å². The highest BCUT2D eigenvalue weighted by atomic mass is 79.9. The summed E-state index contributed by atoms with van der Waals surface area (Å²) in [7, 11) is 0. The van der Waals surface area contributed by atoms with Crippen LogP contribution >= 0.6 is 15.9 Å². The summed E-state index contributed by atoms with van der Waals surface area (Å²) in [6.07, 6.45) is -1.33. The molecule has 1 heterocycles. The minimum Gasteiger partial charge on any atom is -0.461 e. The van der Waals surface area contributed by atoms with Crippen molar-refractivity contribution in [1.82, 2.24) is 4.98 Å². The van der Waals surface area contributed by atoms with Crippen LogP contribution in [0.5, 0.6) is 0 Å². The van der Waals surface area contributed by atoms with Gasteiger partial charge >= 0.3 is 5.97 Å². The van der Waals surface area contributed by atoms with E-state index in [0.717, 1.165) is 0 Å². The van der Waals surface area contributed by atoms with Crippen molar-refractivity contribution in [2.75, 3.05) is 5.32 Å². The number of halogens is 2. The van der Waals surface area contributed by atoms with Crippen molar-refractivity contribution in [2.24, 2.45) is 0 Å². The fourth-order valence-electron chi connectivity index (χ4n) is 2.19. The third-order valence-corrected chi connectivity index (χ3v) is 3.65. The van der Waals surface area contributed by atoms with Crippen LogP contribution in [0.15, 0.2) is 16.7 Å². The molecule has 0 radical (unpaired) electrons. The van der Waals surface area contributed by atoms with Gasteiger partial charge < -0.3 is 10.1 Å². The van der Waals surface area contributed by atoms with Gasteiger partial charge in [-0.3, -0.25) is 0 Å². The Morgan fingerprint density at radius 1 is 1.62 bits per heavy atom. The normalized spacial score (nSPS) is 24.1. The van der Waals surface area contributed by atoms with Gasteiger partial charge in [0.05, 0.1) is 11.7 Å². The molecule has 112 valence electrons. The number of nitrogens with zero attached hydrogens (tertiary/aromatic N) is 2. The zero-order valence-electron chi connectivity index (χ0n) is 11.7. The van der Waals surface area contributed by atoms with Crippen molar-refractivity contribution in [3.05, 3.63) is 22.3 Å². The first-order chi connectivity index (χ1) is 9.86. The monoisotopic (exact) mass is 355 g/mol. The highest BCUT2D eigenvalue weighted by molar-refractivity contribution is 9.10. The van der Waals surface area contributed by atoms with Gasteiger partial charge in [-0.25, -0.2) is 14.2 Å². The Labute approximate surface area is 130 Å². The molecule has 1 N–H and O–H groups in total. The molecule has 0 bridgehead atoms. The first-order valence-electron chi connectivity index (χ1n) is 6.56. The quantitative estimate of drug-likeness (QED) is 0.663. The molecule has 1 aromatic rings. The summed E-state index contributed by atoms with van der Waals surface area (Å²) >= 11 is 3.21. The van der Waals surface area contributed by atoms with E-state index >= 15 is 0 Å². The highest BCUT2D eigenvalue weighted by Crippen LogP contribution is 2.39. The van der Waals surface area contributed by atoms with Crippen molar-refractivity contribution < 1.29 is 13.9 Å². The summed E-state index contributed by atoms with van der Waals surface area (Å²) < 4.78 is 19.0. The average molecular weight is 356 g/mol. The van der Waals surface area contributed by atoms with E-state index in [-0.39, 0.29) is 30.3 Å². The van der Waals surface area contributed by atoms with Crippen LogP contribution in [-0.2, 0) is 9.53 Å². The summed E-state index contributed by atoms with van der Waals surface area (Å²) in [5, 5.41) is 12.0. The summed E-state index contributed by atoms with van der Waals surface area (Å²) in [5.74, 6) is -0.267. The standard InChI is InChI=1S/C14H15BrFN3O2/c1-8(2)21-13(20)14(5-10(16)6-14)19-12-9(7-17)3-4-11(15)18-12/h3-4,8,10H,5-6H2,1-2H3,(H,18,19). The van der Waals surface area contributed by atoms with Gasteiger partial charge in [0.15, 0.2) is 0 Å². The van der Waals surface area contributed by atoms with Crippen molar-refractivity contribution in [2.45, 2.75) is 44.5 Å². The van der Waals surface area contributed by atoms with Crippen molar-refractivity contribution in [1.29, 1.82) is 5.26 Å². The number of esters is 1. The van der Waals surface area contributed by atoms with E-state index in [0.29, 0.717) is 4.60 Å². The molecule has 0 saturated heterocycles. The molecule has 0 spiro atoms. The van der Waals surface area contributed by atoms with Crippen LogP contribution in [-0.4, -0.2) is 28.8 Å². The number of hydrogen-bond donors (Lipinski definition) is 1. The van der Waals surface area contributed by atoms with E-state index in [1.54, 1.807) is 26.0 Å². The smallest absolute Gasteiger partial charge is 0.332 e. The maximum absolute atomic E-state index is 13.3. The number of nitrogens with one attached hydrogen (secondary N) is 1. The van der Waals surface area contributed by atoms with Crippen molar-refractivity contribution >= 4 is 27.7 Å². The maximum atomic E-state index is 13.3. The molecule has 0 unspecified atom stereocenters. The van der Waals surface area contributed by atoms with Gasteiger partial charge in [0, 0.05) is 12.8 Å². The van der Waals surface area contributed by atoms with E-state index in [4.69, 9.17) is 10.00 Å². The number of rotatable bonds is 4. The predicted octanol–water partition coefficient (Wildman–Crippen LogP) is 2.95. The molecule has 0 atom stereocenters. The molecular formula is C14H15BrFN3O2. The first-order valence-corrected chi connectivity index (χ1v) is 7.35. The summed E-state index contributed by atoms with van der Waals surface area (Å²) in [6.45, 7) is 3.46. The molecule has 1 saturated carbocycles. The predicted molar refractivity (Wildman–Crippen MR) is 78.4 cm³/mol. The summed E-state index contributed by atoms with van der Waals surface area (Å²) in [5.41, 5.74) is -0.861. The second kappa shape index (κ2) is 5.98. The second-order valence-corrected chi connectivity index (χ2v) is 6.12. The third kappa shape index (κ3) is 3.32. The topological polar surface area (TPSA) is 75.0 Å². The minimum atomic E-state index is -1.15. The molecule has 1 aliphatic carbocycles. The molecule has 21 heavy (non-hydrogen) atoms. The molecule has 5 nitrogen and oxygen atoms in total. The van der Waals surface area contributed by atoms with Crippen molar-refractivity contribution in [3.8, 4) is 6.07 Å². The van der Waals surface area contributed by atoms with Gasteiger partial charge in [-0.05, 0) is 41.9 Å². The number of alkyl halides is 1. The number of aromatic nitrogens is 1. The van der Waals surface area contributed by atoms with Crippen LogP contribution in [0.1, 0.15) is 32.3 Å². The Morgan fingerprint density at radius 3 is 2.81 bits per heavy atom. The molecule has 0 aliphatic heterocycles. The fraction of sp³-hybridized carbons (Fsp3) is 0.500.